The standard InChI is InChI=1S/C23H19N3/c1-16-24-17(2)26-23(25-16)20-13-11-19(12-14-20)22-10-6-9-21(15-22)18-7-4-3-5-8-18/h3-15H,1-2H3. The van der Waals surface area contributed by atoms with Crippen LogP contribution in [0.25, 0.3) is 33.6 Å². The summed E-state index contributed by atoms with van der Waals surface area (Å²) < 4.78 is 0. The number of hydrogen-bond donors (Lipinski definition) is 0. The summed E-state index contributed by atoms with van der Waals surface area (Å²) in [4.78, 5) is 13.1. The molecule has 26 heavy (non-hydrogen) atoms. The van der Waals surface area contributed by atoms with Gasteiger partial charge in [0.2, 0.25) is 0 Å². The summed E-state index contributed by atoms with van der Waals surface area (Å²) in [6.07, 6.45) is 0. The van der Waals surface area contributed by atoms with E-state index in [1.54, 1.807) is 0 Å². The van der Waals surface area contributed by atoms with Crippen molar-refractivity contribution in [2.45, 2.75) is 13.8 Å². The molecular weight excluding hydrogens is 318 g/mol. The van der Waals surface area contributed by atoms with Gasteiger partial charge in [-0.2, -0.15) is 0 Å². The molecule has 0 spiro atoms. The van der Waals surface area contributed by atoms with E-state index >= 15 is 0 Å². The van der Waals surface area contributed by atoms with Gasteiger partial charge in [0, 0.05) is 5.56 Å². The Morgan fingerprint density at radius 1 is 0.462 bits per heavy atom. The quantitative estimate of drug-likeness (QED) is 0.496. The molecule has 0 unspecified atom stereocenters. The molecule has 0 aliphatic rings. The third-order valence-electron chi connectivity index (χ3n) is 4.31. The molecule has 0 fully saturated rings. The number of hydrogen-bond acceptors (Lipinski definition) is 3. The average Bonchev–Trinajstić information content (AvgIpc) is 2.68. The Hall–Kier alpha value is -3.33. The molecule has 0 saturated heterocycles. The van der Waals surface area contributed by atoms with Crippen LogP contribution in [0.5, 0.6) is 0 Å². The Morgan fingerprint density at radius 2 is 0.962 bits per heavy atom. The zero-order chi connectivity index (χ0) is 17.9. The van der Waals surface area contributed by atoms with E-state index in [9.17, 15) is 0 Å². The zero-order valence-electron chi connectivity index (χ0n) is 14.8. The third-order valence-corrected chi connectivity index (χ3v) is 4.31. The van der Waals surface area contributed by atoms with E-state index in [0.717, 1.165) is 23.0 Å². The van der Waals surface area contributed by atoms with E-state index in [4.69, 9.17) is 0 Å². The molecule has 4 aromatic rings. The van der Waals surface area contributed by atoms with Gasteiger partial charge in [-0.3, -0.25) is 0 Å². The molecule has 0 aliphatic heterocycles. The van der Waals surface area contributed by atoms with Crippen LogP contribution >= 0.6 is 0 Å². The molecular formula is C23H19N3. The van der Waals surface area contributed by atoms with Crippen molar-refractivity contribution >= 4 is 0 Å². The molecule has 1 aromatic heterocycles. The van der Waals surface area contributed by atoms with E-state index < -0.39 is 0 Å². The average molecular weight is 337 g/mol. The van der Waals surface area contributed by atoms with Crippen molar-refractivity contribution < 1.29 is 0 Å². The van der Waals surface area contributed by atoms with Crippen molar-refractivity contribution in [3.8, 4) is 33.6 Å². The van der Waals surface area contributed by atoms with E-state index in [1.807, 2.05) is 19.9 Å². The topological polar surface area (TPSA) is 38.7 Å². The number of benzene rings is 3. The minimum Gasteiger partial charge on any atom is -0.219 e. The maximum atomic E-state index is 4.44. The van der Waals surface area contributed by atoms with Crippen LogP contribution in [0.1, 0.15) is 11.6 Å². The minimum atomic E-state index is 0.722. The van der Waals surface area contributed by atoms with Crippen LogP contribution in [0.3, 0.4) is 0 Å². The third kappa shape index (κ3) is 3.38. The molecule has 0 bridgehead atoms. The van der Waals surface area contributed by atoms with Crippen LogP contribution in [-0.2, 0) is 0 Å². The molecule has 0 saturated carbocycles. The summed E-state index contributed by atoms with van der Waals surface area (Å²) in [5.41, 5.74) is 5.81. The number of rotatable bonds is 3. The summed E-state index contributed by atoms with van der Waals surface area (Å²) in [7, 11) is 0. The maximum absolute atomic E-state index is 4.44. The van der Waals surface area contributed by atoms with Gasteiger partial charge in [-0.25, -0.2) is 15.0 Å². The van der Waals surface area contributed by atoms with Gasteiger partial charge in [0.05, 0.1) is 0 Å². The Morgan fingerprint density at radius 3 is 1.58 bits per heavy atom. The lowest BCUT2D eigenvalue weighted by atomic mass is 9.98. The van der Waals surface area contributed by atoms with Crippen molar-refractivity contribution in [3.05, 3.63) is 90.5 Å². The maximum Gasteiger partial charge on any atom is 0.163 e. The van der Waals surface area contributed by atoms with Crippen molar-refractivity contribution in [2.75, 3.05) is 0 Å². The van der Waals surface area contributed by atoms with E-state index in [-0.39, 0.29) is 0 Å². The second-order valence-electron chi connectivity index (χ2n) is 6.28. The summed E-state index contributed by atoms with van der Waals surface area (Å²) >= 11 is 0. The number of aryl methyl sites for hydroxylation is 2. The van der Waals surface area contributed by atoms with E-state index in [1.165, 1.54) is 22.3 Å². The first-order valence-corrected chi connectivity index (χ1v) is 8.65. The lowest BCUT2D eigenvalue weighted by Gasteiger charge is -2.07. The molecule has 1 heterocycles. The Kier molecular flexibility index (Phi) is 4.28. The fourth-order valence-electron chi connectivity index (χ4n) is 3.07. The highest BCUT2D eigenvalue weighted by atomic mass is 15.0. The van der Waals surface area contributed by atoms with E-state index in [0.29, 0.717) is 0 Å². The van der Waals surface area contributed by atoms with Crippen molar-refractivity contribution in [1.82, 2.24) is 15.0 Å². The second-order valence-corrected chi connectivity index (χ2v) is 6.28. The highest BCUT2D eigenvalue weighted by molar-refractivity contribution is 5.74. The van der Waals surface area contributed by atoms with Gasteiger partial charge in [0.1, 0.15) is 11.6 Å². The van der Waals surface area contributed by atoms with Crippen LogP contribution < -0.4 is 0 Å². The van der Waals surface area contributed by atoms with E-state index in [2.05, 4.69) is 87.7 Å². The van der Waals surface area contributed by atoms with Crippen LogP contribution in [0, 0.1) is 13.8 Å². The monoisotopic (exact) mass is 337 g/mol. The predicted octanol–water partition coefficient (Wildman–Crippen LogP) is 5.49. The van der Waals surface area contributed by atoms with Gasteiger partial charge in [-0.05, 0) is 42.2 Å². The van der Waals surface area contributed by atoms with Crippen LogP contribution in [0.4, 0.5) is 0 Å². The van der Waals surface area contributed by atoms with Crippen molar-refractivity contribution in [1.29, 1.82) is 0 Å². The molecule has 3 heteroatoms. The lowest BCUT2D eigenvalue weighted by molar-refractivity contribution is 0.928. The van der Waals surface area contributed by atoms with Gasteiger partial charge in [0.25, 0.3) is 0 Å². The Bertz CT molecular complexity index is 1020. The highest BCUT2D eigenvalue weighted by Crippen LogP contribution is 2.27. The number of nitrogens with zero attached hydrogens (tertiary/aromatic N) is 3. The fourth-order valence-corrected chi connectivity index (χ4v) is 3.07. The zero-order valence-corrected chi connectivity index (χ0v) is 14.8. The molecule has 3 aromatic carbocycles. The summed E-state index contributed by atoms with van der Waals surface area (Å²) in [5, 5.41) is 0. The summed E-state index contributed by atoms with van der Waals surface area (Å²) in [6.45, 7) is 3.78. The largest absolute Gasteiger partial charge is 0.219 e. The van der Waals surface area contributed by atoms with Gasteiger partial charge in [-0.15, -0.1) is 0 Å². The Labute approximate surface area is 153 Å². The molecule has 126 valence electrons. The van der Waals surface area contributed by atoms with Gasteiger partial charge >= 0.3 is 0 Å². The van der Waals surface area contributed by atoms with Gasteiger partial charge < -0.3 is 0 Å². The second kappa shape index (κ2) is 6.89. The van der Waals surface area contributed by atoms with Crippen molar-refractivity contribution in [2.24, 2.45) is 0 Å². The van der Waals surface area contributed by atoms with Crippen LogP contribution in [-0.4, -0.2) is 15.0 Å². The van der Waals surface area contributed by atoms with Crippen molar-refractivity contribution in [3.63, 3.8) is 0 Å². The molecule has 0 amide bonds. The molecule has 0 N–H and O–H groups in total. The van der Waals surface area contributed by atoms with Crippen LogP contribution in [0.2, 0.25) is 0 Å². The Balaban J connectivity index is 1.67. The summed E-state index contributed by atoms with van der Waals surface area (Å²) in [5.74, 6) is 2.21. The smallest absolute Gasteiger partial charge is 0.163 e. The first-order valence-electron chi connectivity index (χ1n) is 8.65. The normalized spacial score (nSPS) is 10.7. The number of aromatic nitrogens is 3. The van der Waals surface area contributed by atoms with Gasteiger partial charge in [-0.1, -0.05) is 72.8 Å². The lowest BCUT2D eigenvalue weighted by Crippen LogP contribution is -1.98. The summed E-state index contributed by atoms with van der Waals surface area (Å²) in [6, 6.07) is 27.4. The SMILES string of the molecule is Cc1nc(C)nc(-c2ccc(-c3cccc(-c4ccccc4)c3)cc2)n1. The fraction of sp³-hybridized carbons (Fsp3) is 0.0870. The predicted molar refractivity (Wildman–Crippen MR) is 106 cm³/mol. The van der Waals surface area contributed by atoms with Gasteiger partial charge in [0.15, 0.2) is 5.82 Å². The van der Waals surface area contributed by atoms with Crippen LogP contribution in [0.15, 0.2) is 78.9 Å². The molecule has 0 atom stereocenters. The molecule has 0 radical (unpaired) electrons. The molecule has 3 nitrogen and oxygen atoms in total. The first kappa shape index (κ1) is 16.2. The highest BCUT2D eigenvalue weighted by Gasteiger charge is 2.06. The first-order chi connectivity index (χ1) is 12.7. The minimum absolute atomic E-state index is 0.722. The molecule has 4 rings (SSSR count). The molecule has 0 aliphatic carbocycles.